The molecule has 3 unspecified atom stereocenters. The van der Waals surface area contributed by atoms with Gasteiger partial charge in [-0.3, -0.25) is 28.8 Å². The SMILES string of the molecule is NC(CS)C(=O)NC(CCC(=O)O)C(=O)NC(CC(=O)O)C(=O)NCC(=O)O. The van der Waals surface area contributed by atoms with Crippen LogP contribution in [0.1, 0.15) is 19.3 Å². The van der Waals surface area contributed by atoms with Crippen molar-refractivity contribution in [2.24, 2.45) is 5.73 Å². The van der Waals surface area contributed by atoms with Crippen LogP contribution in [-0.2, 0) is 28.8 Å². The summed E-state index contributed by atoms with van der Waals surface area (Å²) in [5, 5.41) is 32.4. The maximum absolute atomic E-state index is 12.4. The van der Waals surface area contributed by atoms with Gasteiger partial charge in [0.2, 0.25) is 17.7 Å². The van der Waals surface area contributed by atoms with Crippen molar-refractivity contribution in [2.45, 2.75) is 37.4 Å². The Morgan fingerprint density at radius 2 is 1.39 bits per heavy atom. The summed E-state index contributed by atoms with van der Waals surface area (Å²) < 4.78 is 0. The number of aliphatic carboxylic acids is 3. The first-order valence-corrected chi connectivity index (χ1v) is 8.51. The van der Waals surface area contributed by atoms with E-state index in [9.17, 15) is 28.8 Å². The number of rotatable bonds is 13. The molecule has 28 heavy (non-hydrogen) atoms. The number of nitrogens with one attached hydrogen (secondary N) is 3. The maximum Gasteiger partial charge on any atom is 0.322 e. The van der Waals surface area contributed by atoms with E-state index in [1.165, 1.54) is 0 Å². The summed E-state index contributed by atoms with van der Waals surface area (Å²) in [5.41, 5.74) is 5.47. The van der Waals surface area contributed by atoms with Gasteiger partial charge >= 0.3 is 17.9 Å². The summed E-state index contributed by atoms with van der Waals surface area (Å²) in [6.45, 7) is -0.805. The Kier molecular flexibility index (Phi) is 11.2. The average molecular weight is 422 g/mol. The van der Waals surface area contributed by atoms with E-state index in [2.05, 4.69) is 23.3 Å². The molecule has 0 aromatic carbocycles. The van der Waals surface area contributed by atoms with E-state index in [0.717, 1.165) is 0 Å². The second-order valence-electron chi connectivity index (χ2n) is 5.55. The van der Waals surface area contributed by atoms with Gasteiger partial charge in [-0.25, -0.2) is 0 Å². The smallest absolute Gasteiger partial charge is 0.322 e. The van der Waals surface area contributed by atoms with Crippen LogP contribution in [-0.4, -0.2) is 81.4 Å². The number of carbonyl (C=O) groups is 6. The van der Waals surface area contributed by atoms with Crippen LogP contribution in [0.3, 0.4) is 0 Å². The molecule has 14 heteroatoms. The van der Waals surface area contributed by atoms with Crippen molar-refractivity contribution in [3.05, 3.63) is 0 Å². The lowest BCUT2D eigenvalue weighted by Crippen LogP contribution is -2.56. The fourth-order valence-electron chi connectivity index (χ4n) is 1.84. The van der Waals surface area contributed by atoms with Gasteiger partial charge in [-0.15, -0.1) is 0 Å². The Morgan fingerprint density at radius 3 is 1.86 bits per heavy atom. The summed E-state index contributed by atoms with van der Waals surface area (Å²) in [6, 6.07) is -4.15. The van der Waals surface area contributed by atoms with Crippen LogP contribution in [0.15, 0.2) is 0 Å². The van der Waals surface area contributed by atoms with Crippen molar-refractivity contribution < 1.29 is 44.1 Å². The van der Waals surface area contributed by atoms with Gasteiger partial charge in [0.25, 0.3) is 0 Å². The van der Waals surface area contributed by atoms with Crippen molar-refractivity contribution in [2.75, 3.05) is 12.3 Å². The Hall–Kier alpha value is -2.87. The summed E-state index contributed by atoms with van der Waals surface area (Å²) in [4.78, 5) is 68.3. The first-order chi connectivity index (χ1) is 13.0. The molecule has 0 aromatic heterocycles. The lowest BCUT2D eigenvalue weighted by atomic mass is 10.1. The number of thiol groups is 1. The van der Waals surface area contributed by atoms with Gasteiger partial charge in [0.1, 0.15) is 18.6 Å². The molecule has 13 nitrogen and oxygen atoms in total. The predicted octanol–water partition coefficient (Wildman–Crippen LogP) is -3.25. The molecule has 158 valence electrons. The van der Waals surface area contributed by atoms with Crippen LogP contribution in [0, 0.1) is 0 Å². The Bertz CT molecular complexity index is 628. The van der Waals surface area contributed by atoms with E-state index in [1.54, 1.807) is 0 Å². The lowest BCUT2D eigenvalue weighted by Gasteiger charge is -2.23. The van der Waals surface area contributed by atoms with Crippen molar-refractivity contribution in [1.29, 1.82) is 0 Å². The van der Waals surface area contributed by atoms with Gasteiger partial charge in [0, 0.05) is 12.2 Å². The highest BCUT2D eigenvalue weighted by Gasteiger charge is 2.29. The zero-order valence-electron chi connectivity index (χ0n) is 14.6. The van der Waals surface area contributed by atoms with E-state index < -0.39 is 73.1 Å². The zero-order chi connectivity index (χ0) is 21.9. The highest BCUT2D eigenvalue weighted by molar-refractivity contribution is 7.80. The van der Waals surface area contributed by atoms with Crippen LogP contribution in [0.2, 0.25) is 0 Å². The average Bonchev–Trinajstić information content (AvgIpc) is 2.60. The molecule has 0 saturated heterocycles. The number of hydrogen-bond acceptors (Lipinski definition) is 8. The molecular weight excluding hydrogens is 400 g/mol. The zero-order valence-corrected chi connectivity index (χ0v) is 15.5. The van der Waals surface area contributed by atoms with Gasteiger partial charge < -0.3 is 37.0 Å². The molecule has 0 bridgehead atoms. The van der Waals surface area contributed by atoms with Gasteiger partial charge in [0.15, 0.2) is 0 Å². The molecule has 0 aliphatic carbocycles. The van der Waals surface area contributed by atoms with E-state index in [1.807, 2.05) is 5.32 Å². The third-order valence-electron chi connectivity index (χ3n) is 3.24. The molecule has 0 fully saturated rings. The third kappa shape index (κ3) is 10.3. The fourth-order valence-corrected chi connectivity index (χ4v) is 2.01. The monoisotopic (exact) mass is 422 g/mol. The highest BCUT2D eigenvalue weighted by Crippen LogP contribution is 2.02. The molecule has 0 radical (unpaired) electrons. The minimum Gasteiger partial charge on any atom is -0.481 e. The number of nitrogens with two attached hydrogens (primary N) is 1. The van der Waals surface area contributed by atoms with Crippen molar-refractivity contribution in [3.8, 4) is 0 Å². The largest absolute Gasteiger partial charge is 0.481 e. The maximum atomic E-state index is 12.4. The standard InChI is InChI=1S/C14H22N4O9S/c15-6(5-28)12(25)17-7(1-2-9(19)20)14(27)18-8(3-10(21)22)13(26)16-4-11(23)24/h6-8,28H,1-5,15H2,(H,16,26)(H,17,25)(H,18,27)(H,19,20)(H,21,22)(H,23,24). The van der Waals surface area contributed by atoms with Crippen LogP contribution in [0.4, 0.5) is 0 Å². The second kappa shape index (κ2) is 12.5. The Labute approximate surface area is 164 Å². The van der Waals surface area contributed by atoms with Gasteiger partial charge in [0.05, 0.1) is 12.5 Å². The number of hydrogen-bond donors (Lipinski definition) is 8. The summed E-state index contributed by atoms with van der Waals surface area (Å²) in [5.74, 6) is -7.07. The third-order valence-corrected chi connectivity index (χ3v) is 3.63. The lowest BCUT2D eigenvalue weighted by molar-refractivity contribution is -0.141. The molecule has 0 rings (SSSR count). The van der Waals surface area contributed by atoms with Gasteiger partial charge in [-0.05, 0) is 6.42 Å². The van der Waals surface area contributed by atoms with E-state index in [-0.39, 0.29) is 12.2 Å². The second-order valence-corrected chi connectivity index (χ2v) is 5.92. The topological polar surface area (TPSA) is 225 Å². The predicted molar refractivity (Wildman–Crippen MR) is 95.5 cm³/mol. The molecule has 0 heterocycles. The molecule has 0 aliphatic rings. The van der Waals surface area contributed by atoms with Crippen molar-refractivity contribution in [1.82, 2.24) is 16.0 Å². The normalized spacial score (nSPS) is 13.5. The summed E-state index contributed by atoms with van der Waals surface area (Å²) in [6.07, 6.45) is -1.74. The molecular formula is C14H22N4O9S. The summed E-state index contributed by atoms with van der Waals surface area (Å²) >= 11 is 3.83. The molecule has 3 amide bonds. The number of carboxylic acids is 3. The quantitative estimate of drug-likeness (QED) is 0.138. The minimum absolute atomic E-state index is 0.0572. The molecule has 8 N–H and O–H groups in total. The molecule has 0 saturated carbocycles. The number of carboxylic acid groups (broad SMARTS) is 3. The number of amides is 3. The van der Waals surface area contributed by atoms with Crippen LogP contribution in [0.5, 0.6) is 0 Å². The van der Waals surface area contributed by atoms with E-state index >= 15 is 0 Å². The van der Waals surface area contributed by atoms with Crippen LogP contribution < -0.4 is 21.7 Å². The van der Waals surface area contributed by atoms with E-state index in [0.29, 0.717) is 0 Å². The summed E-state index contributed by atoms with van der Waals surface area (Å²) in [7, 11) is 0. The van der Waals surface area contributed by atoms with Crippen molar-refractivity contribution >= 4 is 48.3 Å². The molecule has 0 aromatic rings. The van der Waals surface area contributed by atoms with E-state index in [4.69, 9.17) is 21.1 Å². The highest BCUT2D eigenvalue weighted by atomic mass is 32.1. The molecule has 3 atom stereocenters. The molecule has 0 aliphatic heterocycles. The van der Waals surface area contributed by atoms with Crippen LogP contribution in [0.25, 0.3) is 0 Å². The first kappa shape index (κ1) is 25.1. The Balaban J connectivity index is 5.26. The fraction of sp³-hybridized carbons (Fsp3) is 0.571. The van der Waals surface area contributed by atoms with Crippen LogP contribution >= 0.6 is 12.6 Å². The van der Waals surface area contributed by atoms with Crippen molar-refractivity contribution in [3.63, 3.8) is 0 Å². The number of carbonyl (C=O) groups excluding carboxylic acids is 3. The Morgan fingerprint density at radius 1 is 0.821 bits per heavy atom. The van der Waals surface area contributed by atoms with Gasteiger partial charge in [-0.2, -0.15) is 12.6 Å². The minimum atomic E-state index is -1.65. The molecule has 0 spiro atoms. The first-order valence-electron chi connectivity index (χ1n) is 7.88. The van der Waals surface area contributed by atoms with Gasteiger partial charge in [-0.1, -0.05) is 0 Å².